The van der Waals surface area contributed by atoms with Gasteiger partial charge in [-0.25, -0.2) is 4.39 Å². The summed E-state index contributed by atoms with van der Waals surface area (Å²) in [5.74, 6) is 0.491. The summed E-state index contributed by atoms with van der Waals surface area (Å²) in [6.45, 7) is 4.27. The van der Waals surface area contributed by atoms with Gasteiger partial charge in [-0.3, -0.25) is 0 Å². The fourth-order valence-electron chi connectivity index (χ4n) is 5.68. The van der Waals surface area contributed by atoms with Crippen LogP contribution >= 0.6 is 0 Å². The van der Waals surface area contributed by atoms with E-state index < -0.39 is 18.3 Å². The van der Waals surface area contributed by atoms with Gasteiger partial charge < -0.3 is 15.9 Å². The number of aliphatic hydroxyl groups excluding tert-OH is 2. The number of nitrogens with two attached hydrogens (primary N) is 1. The van der Waals surface area contributed by atoms with Gasteiger partial charge in [0.15, 0.2) is 0 Å². The Morgan fingerprint density at radius 1 is 1.30 bits per heavy atom. The number of rotatable bonds is 0. The van der Waals surface area contributed by atoms with Crippen molar-refractivity contribution in [1.29, 1.82) is 0 Å². The van der Waals surface area contributed by atoms with Gasteiger partial charge in [-0.2, -0.15) is 0 Å². The van der Waals surface area contributed by atoms with Crippen LogP contribution in [-0.4, -0.2) is 28.5 Å². The lowest BCUT2D eigenvalue weighted by Crippen LogP contribution is -2.49. The van der Waals surface area contributed by atoms with Crippen LogP contribution in [0.4, 0.5) is 4.39 Å². The first-order valence-corrected chi connectivity index (χ1v) is 8.68. The molecule has 0 radical (unpaired) electrons. The van der Waals surface area contributed by atoms with Gasteiger partial charge in [-0.15, -0.1) is 0 Å². The average Bonchev–Trinajstić information content (AvgIpc) is 2.73. The number of alkyl halides is 1. The highest BCUT2D eigenvalue weighted by Crippen LogP contribution is 2.63. The molecule has 4 aliphatic rings. The van der Waals surface area contributed by atoms with Gasteiger partial charge in [-0.1, -0.05) is 31.6 Å². The predicted octanol–water partition coefficient (Wildman–Crippen LogP) is 3.17. The monoisotopic (exact) mass is 319 g/mol. The standard InChI is InChI=1S/C19H26FNO2/c1-18-5-3-11(22)7-10(18)8-15(23)16-12(18)4-6-19(2)13(16)9-14(20)17(19)21/h3,5,8,11-14,17,22-23H,4,6-7,9,21H2,1-2H3/t11?,12-,13+,14?,17?,18+,19+/m1/s1. The van der Waals surface area contributed by atoms with E-state index in [4.69, 9.17) is 5.73 Å². The van der Waals surface area contributed by atoms with Crippen LogP contribution < -0.4 is 5.73 Å². The minimum atomic E-state index is -0.994. The first-order chi connectivity index (χ1) is 10.8. The van der Waals surface area contributed by atoms with Gasteiger partial charge in [0.2, 0.25) is 0 Å². The van der Waals surface area contributed by atoms with Gasteiger partial charge in [0.1, 0.15) is 11.9 Å². The molecule has 7 atom stereocenters. The molecule has 0 spiro atoms. The molecule has 0 aromatic carbocycles. The van der Waals surface area contributed by atoms with Gasteiger partial charge in [0.25, 0.3) is 0 Å². The van der Waals surface area contributed by atoms with E-state index in [1.54, 1.807) is 0 Å². The molecule has 4 heteroatoms. The van der Waals surface area contributed by atoms with Crippen LogP contribution in [0.2, 0.25) is 0 Å². The molecule has 0 heterocycles. The third-order valence-corrected chi connectivity index (χ3v) is 7.25. The minimum Gasteiger partial charge on any atom is -0.508 e. The van der Waals surface area contributed by atoms with Crippen molar-refractivity contribution in [3.05, 3.63) is 35.1 Å². The minimum absolute atomic E-state index is 0.0149. The van der Waals surface area contributed by atoms with Crippen LogP contribution in [0, 0.1) is 22.7 Å². The van der Waals surface area contributed by atoms with Gasteiger partial charge in [-0.05, 0) is 54.6 Å². The maximum absolute atomic E-state index is 14.3. The van der Waals surface area contributed by atoms with Crippen molar-refractivity contribution in [1.82, 2.24) is 0 Å². The lowest BCUT2D eigenvalue weighted by Gasteiger charge is -2.52. The molecule has 0 aliphatic heterocycles. The summed E-state index contributed by atoms with van der Waals surface area (Å²) >= 11 is 0. The normalized spacial score (nSPS) is 51.9. The van der Waals surface area contributed by atoms with Crippen molar-refractivity contribution >= 4 is 0 Å². The Morgan fingerprint density at radius 2 is 2.04 bits per heavy atom. The number of halogens is 1. The Kier molecular flexibility index (Phi) is 3.15. The molecule has 0 aromatic rings. The summed E-state index contributed by atoms with van der Waals surface area (Å²) in [6.07, 6.45) is 7.08. The molecular weight excluding hydrogens is 293 g/mol. The van der Waals surface area contributed by atoms with Crippen molar-refractivity contribution in [2.75, 3.05) is 0 Å². The molecule has 2 saturated carbocycles. The second-order valence-corrected chi connectivity index (χ2v) is 8.35. The van der Waals surface area contributed by atoms with Crippen LogP contribution in [0.15, 0.2) is 35.1 Å². The molecule has 4 N–H and O–H groups in total. The SMILES string of the molecule is C[C@]12C=CC(O)CC1=CC(O)=C1[C@H]2CC[C@]2(C)C(N)C(F)C[C@@H]12. The third kappa shape index (κ3) is 1.88. The van der Waals surface area contributed by atoms with Crippen LogP contribution in [0.25, 0.3) is 0 Å². The Morgan fingerprint density at radius 3 is 2.78 bits per heavy atom. The average molecular weight is 319 g/mol. The van der Waals surface area contributed by atoms with Crippen LogP contribution in [0.3, 0.4) is 0 Å². The second-order valence-electron chi connectivity index (χ2n) is 8.35. The highest BCUT2D eigenvalue weighted by Gasteiger charge is 2.59. The largest absolute Gasteiger partial charge is 0.508 e. The molecule has 4 rings (SSSR count). The smallest absolute Gasteiger partial charge is 0.116 e. The third-order valence-electron chi connectivity index (χ3n) is 7.25. The molecule has 3 unspecified atom stereocenters. The Labute approximate surface area is 136 Å². The Hall–Kier alpha value is -1.13. The molecule has 0 aromatic heterocycles. The van der Waals surface area contributed by atoms with E-state index in [1.807, 2.05) is 12.2 Å². The summed E-state index contributed by atoms with van der Waals surface area (Å²) in [4.78, 5) is 0. The van der Waals surface area contributed by atoms with E-state index in [9.17, 15) is 14.6 Å². The maximum atomic E-state index is 14.3. The zero-order valence-electron chi connectivity index (χ0n) is 13.8. The number of allylic oxidation sites excluding steroid dienone is 3. The molecule has 23 heavy (non-hydrogen) atoms. The summed E-state index contributed by atoms with van der Waals surface area (Å²) < 4.78 is 14.3. The fourth-order valence-corrected chi connectivity index (χ4v) is 5.68. The van der Waals surface area contributed by atoms with Crippen molar-refractivity contribution in [2.45, 2.75) is 57.8 Å². The number of fused-ring (bicyclic) bond motifs is 5. The molecular formula is C19H26FNO2. The maximum Gasteiger partial charge on any atom is 0.116 e. The van der Waals surface area contributed by atoms with Gasteiger partial charge >= 0.3 is 0 Å². The molecule has 0 amide bonds. The van der Waals surface area contributed by atoms with E-state index in [1.165, 1.54) is 0 Å². The summed E-state index contributed by atoms with van der Waals surface area (Å²) in [5, 5.41) is 20.6. The van der Waals surface area contributed by atoms with E-state index in [0.717, 1.165) is 24.0 Å². The van der Waals surface area contributed by atoms with E-state index in [-0.39, 0.29) is 22.7 Å². The first-order valence-electron chi connectivity index (χ1n) is 8.68. The quantitative estimate of drug-likeness (QED) is 0.601. The van der Waals surface area contributed by atoms with Crippen molar-refractivity contribution in [3.63, 3.8) is 0 Å². The van der Waals surface area contributed by atoms with Gasteiger partial charge in [0.05, 0.1) is 6.10 Å². The Balaban J connectivity index is 1.83. The highest BCUT2D eigenvalue weighted by molar-refractivity contribution is 5.45. The number of hydrogen-bond donors (Lipinski definition) is 3. The van der Waals surface area contributed by atoms with Crippen molar-refractivity contribution in [2.24, 2.45) is 28.4 Å². The zero-order chi connectivity index (χ0) is 16.6. The lowest BCUT2D eigenvalue weighted by molar-refractivity contribution is 0.0988. The topological polar surface area (TPSA) is 66.5 Å². The summed E-state index contributed by atoms with van der Waals surface area (Å²) in [5.41, 5.74) is 7.82. The number of aliphatic hydroxyl groups is 2. The van der Waals surface area contributed by atoms with E-state index in [2.05, 4.69) is 19.9 Å². The fraction of sp³-hybridized carbons (Fsp3) is 0.684. The second kappa shape index (κ2) is 4.70. The molecule has 3 nitrogen and oxygen atoms in total. The van der Waals surface area contributed by atoms with E-state index in [0.29, 0.717) is 18.6 Å². The highest BCUT2D eigenvalue weighted by atomic mass is 19.1. The zero-order valence-corrected chi connectivity index (χ0v) is 13.8. The first kappa shape index (κ1) is 15.4. The van der Waals surface area contributed by atoms with Crippen LogP contribution in [0.1, 0.15) is 39.5 Å². The molecule has 2 fully saturated rings. The molecule has 126 valence electrons. The lowest BCUT2D eigenvalue weighted by atomic mass is 9.52. The molecule has 0 bridgehead atoms. The molecule has 4 aliphatic carbocycles. The Bertz CT molecular complexity index is 639. The van der Waals surface area contributed by atoms with Crippen molar-refractivity contribution < 1.29 is 14.6 Å². The predicted molar refractivity (Wildman–Crippen MR) is 87.4 cm³/mol. The van der Waals surface area contributed by atoms with E-state index >= 15 is 0 Å². The van der Waals surface area contributed by atoms with Crippen LogP contribution in [0.5, 0.6) is 0 Å². The summed E-state index contributed by atoms with van der Waals surface area (Å²) in [7, 11) is 0. The van der Waals surface area contributed by atoms with Crippen molar-refractivity contribution in [3.8, 4) is 0 Å². The summed E-state index contributed by atoms with van der Waals surface area (Å²) in [6, 6.07) is -0.448. The number of hydrogen-bond acceptors (Lipinski definition) is 3. The van der Waals surface area contributed by atoms with Crippen LogP contribution in [-0.2, 0) is 0 Å². The molecule has 0 saturated heterocycles. The van der Waals surface area contributed by atoms with Gasteiger partial charge in [0, 0.05) is 11.5 Å².